The van der Waals surface area contributed by atoms with Crippen LogP contribution in [-0.2, 0) is 21.2 Å². The van der Waals surface area contributed by atoms with Crippen LogP contribution in [0.4, 0.5) is 5.69 Å². The lowest BCUT2D eigenvalue weighted by Crippen LogP contribution is -2.22. The van der Waals surface area contributed by atoms with Crippen molar-refractivity contribution in [2.45, 2.75) is 11.3 Å². The highest BCUT2D eigenvalue weighted by Crippen LogP contribution is 2.17. The molecular formula is C18H18N4O4S. The van der Waals surface area contributed by atoms with Crippen LogP contribution < -0.4 is 10.9 Å². The number of H-pyrrole nitrogens is 1. The predicted octanol–water partition coefficient (Wildman–Crippen LogP) is 1.35. The van der Waals surface area contributed by atoms with Crippen LogP contribution in [0.3, 0.4) is 0 Å². The van der Waals surface area contributed by atoms with Crippen molar-refractivity contribution < 1.29 is 13.2 Å². The maximum Gasteiger partial charge on any atom is 0.272 e. The Bertz CT molecular complexity index is 1150. The number of aromatic nitrogens is 2. The molecule has 9 heteroatoms. The molecule has 1 amide bonds. The molecule has 1 heterocycles. The first-order valence-electron chi connectivity index (χ1n) is 8.08. The Hall–Kier alpha value is -3.04. The lowest BCUT2D eigenvalue weighted by atomic mass is 10.1. The number of anilines is 1. The van der Waals surface area contributed by atoms with Gasteiger partial charge in [-0.15, -0.1) is 0 Å². The molecule has 0 fully saturated rings. The number of aromatic amines is 1. The number of fused-ring (bicyclic) bond motifs is 1. The molecule has 0 radical (unpaired) electrons. The summed E-state index contributed by atoms with van der Waals surface area (Å²) < 4.78 is 25.2. The topological polar surface area (TPSA) is 112 Å². The van der Waals surface area contributed by atoms with Gasteiger partial charge in [0.05, 0.1) is 22.4 Å². The summed E-state index contributed by atoms with van der Waals surface area (Å²) in [5.41, 5.74) is 0.605. The van der Waals surface area contributed by atoms with Gasteiger partial charge in [0.15, 0.2) is 0 Å². The van der Waals surface area contributed by atoms with Gasteiger partial charge in [-0.25, -0.2) is 17.8 Å². The number of benzene rings is 2. The zero-order chi connectivity index (χ0) is 19.6. The van der Waals surface area contributed by atoms with Crippen molar-refractivity contribution in [3.63, 3.8) is 0 Å². The maximum atomic E-state index is 12.3. The van der Waals surface area contributed by atoms with Crippen LogP contribution in [0.15, 0.2) is 58.2 Å². The van der Waals surface area contributed by atoms with Gasteiger partial charge in [-0.2, -0.15) is 5.10 Å². The summed E-state index contributed by atoms with van der Waals surface area (Å²) in [5, 5.41) is 10.1. The van der Waals surface area contributed by atoms with Crippen LogP contribution in [0.25, 0.3) is 10.8 Å². The third kappa shape index (κ3) is 3.88. The molecule has 3 rings (SSSR count). The highest BCUT2D eigenvalue weighted by atomic mass is 32.2. The minimum absolute atomic E-state index is 0.0327. The first-order valence-corrected chi connectivity index (χ1v) is 9.52. The van der Waals surface area contributed by atoms with Crippen LogP contribution in [-0.4, -0.2) is 42.9 Å². The van der Waals surface area contributed by atoms with Gasteiger partial charge in [-0.05, 0) is 30.3 Å². The second-order valence-electron chi connectivity index (χ2n) is 6.08. The van der Waals surface area contributed by atoms with Crippen molar-refractivity contribution in [2.75, 3.05) is 19.4 Å². The number of carbonyl (C=O) groups is 1. The van der Waals surface area contributed by atoms with Crippen LogP contribution in [0.2, 0.25) is 0 Å². The van der Waals surface area contributed by atoms with Crippen LogP contribution in [0.5, 0.6) is 0 Å². The van der Waals surface area contributed by atoms with E-state index in [1.807, 2.05) is 0 Å². The molecule has 1 aromatic heterocycles. The molecule has 2 N–H and O–H groups in total. The highest BCUT2D eigenvalue weighted by molar-refractivity contribution is 7.89. The van der Waals surface area contributed by atoms with Crippen LogP contribution in [0, 0.1) is 0 Å². The first-order chi connectivity index (χ1) is 12.8. The molecule has 0 saturated heterocycles. The van der Waals surface area contributed by atoms with Crippen molar-refractivity contribution in [1.29, 1.82) is 0 Å². The van der Waals surface area contributed by atoms with Gasteiger partial charge in [-0.1, -0.05) is 18.2 Å². The molecule has 0 aliphatic heterocycles. The van der Waals surface area contributed by atoms with Gasteiger partial charge in [0.1, 0.15) is 0 Å². The molecule has 0 aliphatic carbocycles. The predicted molar refractivity (Wildman–Crippen MR) is 102 cm³/mol. The van der Waals surface area contributed by atoms with E-state index < -0.39 is 10.0 Å². The van der Waals surface area contributed by atoms with Crippen molar-refractivity contribution in [1.82, 2.24) is 14.5 Å². The molecule has 0 atom stereocenters. The SMILES string of the molecule is CN(C)S(=O)(=O)c1ccc(NC(=O)Cc2n[nH]c(=O)c3ccccc23)cc1. The monoisotopic (exact) mass is 386 g/mol. The van der Waals surface area contributed by atoms with Crippen molar-refractivity contribution in [3.05, 3.63) is 64.6 Å². The summed E-state index contributed by atoms with van der Waals surface area (Å²) in [6.07, 6.45) is -0.0327. The highest BCUT2D eigenvalue weighted by Gasteiger charge is 2.17. The molecular weight excluding hydrogens is 368 g/mol. The maximum absolute atomic E-state index is 12.3. The molecule has 0 aliphatic rings. The molecule has 0 unspecified atom stereocenters. The standard InChI is InChI=1S/C18H18N4O4S/c1-22(2)27(25,26)13-9-7-12(8-10-13)19-17(23)11-16-14-5-3-4-6-15(14)18(24)21-20-16/h3-10H,11H2,1-2H3,(H,19,23)(H,21,24). The van der Waals surface area contributed by atoms with E-state index in [0.29, 0.717) is 22.2 Å². The number of nitrogens with zero attached hydrogens (tertiary/aromatic N) is 2. The molecule has 3 aromatic rings. The summed E-state index contributed by atoms with van der Waals surface area (Å²) in [6, 6.07) is 12.8. The van der Waals surface area contributed by atoms with E-state index in [9.17, 15) is 18.0 Å². The number of sulfonamides is 1. The van der Waals surface area contributed by atoms with E-state index in [2.05, 4.69) is 15.5 Å². The average Bonchev–Trinajstić information content (AvgIpc) is 2.64. The number of hydrogen-bond donors (Lipinski definition) is 2. The summed E-state index contributed by atoms with van der Waals surface area (Å²) in [6.45, 7) is 0. The Morgan fingerprint density at radius 2 is 1.70 bits per heavy atom. The number of rotatable bonds is 5. The van der Waals surface area contributed by atoms with Gasteiger partial charge in [-0.3, -0.25) is 9.59 Å². The zero-order valence-corrected chi connectivity index (χ0v) is 15.6. The largest absolute Gasteiger partial charge is 0.326 e. The van der Waals surface area contributed by atoms with Gasteiger partial charge in [0.2, 0.25) is 15.9 Å². The van der Waals surface area contributed by atoms with Crippen molar-refractivity contribution in [3.8, 4) is 0 Å². The summed E-state index contributed by atoms with van der Waals surface area (Å²) in [4.78, 5) is 24.3. The zero-order valence-electron chi connectivity index (χ0n) is 14.8. The van der Waals surface area contributed by atoms with Gasteiger partial charge >= 0.3 is 0 Å². The number of carbonyl (C=O) groups excluding carboxylic acids is 1. The minimum atomic E-state index is -3.52. The van der Waals surface area contributed by atoms with E-state index in [1.165, 1.54) is 38.4 Å². The number of amides is 1. The van der Waals surface area contributed by atoms with E-state index >= 15 is 0 Å². The fraction of sp³-hybridized carbons (Fsp3) is 0.167. The van der Waals surface area contributed by atoms with E-state index in [1.54, 1.807) is 24.3 Å². The Labute approximate surface area is 155 Å². The Morgan fingerprint density at radius 3 is 2.33 bits per heavy atom. The fourth-order valence-electron chi connectivity index (χ4n) is 2.58. The molecule has 140 valence electrons. The molecule has 0 spiro atoms. The summed E-state index contributed by atoms with van der Waals surface area (Å²) in [7, 11) is -0.620. The number of hydrogen-bond acceptors (Lipinski definition) is 5. The second kappa shape index (κ2) is 7.29. The van der Waals surface area contributed by atoms with E-state index in [0.717, 1.165) is 4.31 Å². The van der Waals surface area contributed by atoms with Crippen molar-refractivity contribution in [2.24, 2.45) is 0 Å². The van der Waals surface area contributed by atoms with Crippen molar-refractivity contribution >= 4 is 32.4 Å². The van der Waals surface area contributed by atoms with Crippen LogP contribution >= 0.6 is 0 Å². The van der Waals surface area contributed by atoms with Gasteiger partial charge in [0.25, 0.3) is 5.56 Å². The quantitative estimate of drug-likeness (QED) is 0.687. The average molecular weight is 386 g/mol. The van der Waals surface area contributed by atoms with Gasteiger partial charge < -0.3 is 5.32 Å². The molecule has 2 aromatic carbocycles. The second-order valence-corrected chi connectivity index (χ2v) is 8.23. The third-order valence-electron chi connectivity index (χ3n) is 4.02. The first kappa shape index (κ1) is 18.7. The molecule has 8 nitrogen and oxygen atoms in total. The summed E-state index contributed by atoms with van der Waals surface area (Å²) in [5.74, 6) is -0.331. The molecule has 0 bridgehead atoms. The van der Waals surface area contributed by atoms with E-state index in [4.69, 9.17) is 0 Å². The van der Waals surface area contributed by atoms with Crippen LogP contribution in [0.1, 0.15) is 5.69 Å². The third-order valence-corrected chi connectivity index (χ3v) is 5.85. The van der Waals surface area contributed by atoms with Gasteiger partial charge in [0, 0.05) is 25.2 Å². The molecule has 27 heavy (non-hydrogen) atoms. The Kier molecular flexibility index (Phi) is 5.06. The number of nitrogens with one attached hydrogen (secondary N) is 2. The smallest absolute Gasteiger partial charge is 0.272 e. The Morgan fingerprint density at radius 1 is 1.07 bits per heavy atom. The Balaban J connectivity index is 1.77. The lowest BCUT2D eigenvalue weighted by Gasteiger charge is -2.12. The van der Waals surface area contributed by atoms with E-state index in [-0.39, 0.29) is 22.8 Å². The normalized spacial score (nSPS) is 11.7. The minimum Gasteiger partial charge on any atom is -0.326 e. The molecule has 0 saturated carbocycles. The summed E-state index contributed by atoms with van der Waals surface area (Å²) >= 11 is 0. The lowest BCUT2D eigenvalue weighted by molar-refractivity contribution is -0.115. The fourth-order valence-corrected chi connectivity index (χ4v) is 3.49.